The molecule has 3 aliphatic rings. The number of rotatable bonds is 5. The fraction of sp³-hybridized carbons (Fsp3) is 0.314. The molecule has 2 aromatic carbocycles. The van der Waals surface area contributed by atoms with E-state index in [1.807, 2.05) is 24.3 Å². The fourth-order valence-corrected chi connectivity index (χ4v) is 6.42. The van der Waals surface area contributed by atoms with Crippen molar-refractivity contribution in [3.63, 3.8) is 0 Å². The van der Waals surface area contributed by atoms with Crippen LogP contribution in [-0.4, -0.2) is 39.5 Å². The molecular formula is C35H36N2O8. The number of hydrogen-bond acceptors (Lipinski definition) is 10. The molecule has 0 spiro atoms. The molecule has 6 N–H and O–H groups in total. The van der Waals surface area contributed by atoms with Gasteiger partial charge in [-0.05, 0) is 51.0 Å². The molecule has 0 saturated heterocycles. The zero-order valence-electron chi connectivity index (χ0n) is 25.5. The summed E-state index contributed by atoms with van der Waals surface area (Å²) in [6.45, 7) is 6.89. The average Bonchev–Trinajstić information content (AvgIpc) is 3.01. The minimum atomic E-state index is -1.06. The van der Waals surface area contributed by atoms with Gasteiger partial charge in [0.05, 0.1) is 0 Å². The molecule has 45 heavy (non-hydrogen) atoms. The van der Waals surface area contributed by atoms with Gasteiger partial charge in [-0.1, -0.05) is 36.4 Å². The number of carbonyl (C=O) groups excluding carboxylic acids is 1. The van der Waals surface area contributed by atoms with Crippen molar-refractivity contribution in [3.8, 4) is 17.2 Å². The fourth-order valence-electron chi connectivity index (χ4n) is 6.42. The van der Waals surface area contributed by atoms with E-state index in [0.717, 1.165) is 22.8 Å². The van der Waals surface area contributed by atoms with Gasteiger partial charge in [0.15, 0.2) is 5.43 Å². The summed E-state index contributed by atoms with van der Waals surface area (Å²) < 4.78 is 18.8. The first-order chi connectivity index (χ1) is 21.4. The zero-order chi connectivity index (χ0) is 32.2. The van der Waals surface area contributed by atoms with E-state index in [-0.39, 0.29) is 34.6 Å². The summed E-state index contributed by atoms with van der Waals surface area (Å²) in [5.74, 6) is -0.931. The van der Waals surface area contributed by atoms with Gasteiger partial charge in [-0.25, -0.2) is 4.79 Å². The van der Waals surface area contributed by atoms with E-state index in [1.54, 1.807) is 52.0 Å². The number of nitrogens with one attached hydrogen (secondary N) is 1. The molecule has 0 fully saturated rings. The lowest BCUT2D eigenvalue weighted by atomic mass is 9.69. The number of carbonyl (C=O) groups is 1. The first-order valence-corrected chi connectivity index (χ1v) is 14.8. The van der Waals surface area contributed by atoms with Crippen LogP contribution in [0.1, 0.15) is 62.0 Å². The predicted molar refractivity (Wildman–Crippen MR) is 168 cm³/mol. The van der Waals surface area contributed by atoms with Crippen molar-refractivity contribution < 1.29 is 34.0 Å². The number of hydrogen-bond donors (Lipinski definition) is 5. The van der Waals surface area contributed by atoms with E-state index in [2.05, 4.69) is 5.32 Å². The van der Waals surface area contributed by atoms with Gasteiger partial charge in [0.25, 0.3) is 0 Å². The molecule has 10 nitrogen and oxygen atoms in total. The van der Waals surface area contributed by atoms with Gasteiger partial charge in [0.2, 0.25) is 0 Å². The van der Waals surface area contributed by atoms with E-state index in [0.29, 0.717) is 34.8 Å². The van der Waals surface area contributed by atoms with Crippen molar-refractivity contribution in [2.45, 2.75) is 64.3 Å². The molecule has 2 aliphatic heterocycles. The number of phenolic OH excluding ortho intramolecular Hbond substituents is 2. The molecule has 3 aromatic rings. The Hall–Kier alpha value is -4.96. The minimum absolute atomic E-state index is 0.0200. The number of aromatic hydroxyl groups is 2. The molecule has 1 aliphatic carbocycles. The summed E-state index contributed by atoms with van der Waals surface area (Å²) in [5, 5.41) is 35.2. The maximum Gasteiger partial charge on any atom is 0.333 e. The second kappa shape index (κ2) is 11.2. The minimum Gasteiger partial charge on any atom is -0.508 e. The molecule has 10 heteroatoms. The topological polar surface area (TPSA) is 164 Å². The van der Waals surface area contributed by atoms with E-state index < -0.39 is 41.5 Å². The Labute approximate surface area is 259 Å². The summed E-state index contributed by atoms with van der Waals surface area (Å²) in [4.78, 5) is 26.4. The van der Waals surface area contributed by atoms with E-state index in [9.17, 15) is 24.9 Å². The molecule has 0 bridgehead atoms. The van der Waals surface area contributed by atoms with Crippen molar-refractivity contribution in [1.82, 2.24) is 5.32 Å². The molecule has 3 heterocycles. The van der Waals surface area contributed by atoms with Crippen LogP contribution < -0.4 is 21.2 Å². The standard InChI is InChI=1S/C35H36N2O8/c1-5-17(2)34(42)44-26-15-24-30(41)28-25(40)14-20(16-38)43-32(28)29(31(24)45-35(26,3)4)27-21(18-7-6-8-19(39)13-18)9-10-23-22(27)11-12-37-33(23)36/h5-11,13-14,21,26-27,37-39,41H,12,15-16,36H2,1-4H3/b17-5-/t21-,26+,27-/m0/s1. The first kappa shape index (κ1) is 30.1. The highest BCUT2D eigenvalue weighted by Gasteiger charge is 2.46. The Kier molecular flexibility index (Phi) is 7.48. The molecule has 0 unspecified atom stereocenters. The number of allylic oxidation sites excluding steroid dienone is 5. The highest BCUT2D eigenvalue weighted by atomic mass is 16.6. The highest BCUT2D eigenvalue weighted by molar-refractivity contribution is 5.92. The maximum atomic E-state index is 13.6. The van der Waals surface area contributed by atoms with Crippen LogP contribution in [0.25, 0.3) is 11.0 Å². The number of ether oxygens (including phenoxy) is 2. The lowest BCUT2D eigenvalue weighted by Crippen LogP contribution is -2.49. The summed E-state index contributed by atoms with van der Waals surface area (Å²) in [6.07, 6.45) is 6.82. The van der Waals surface area contributed by atoms with Crippen LogP contribution in [0.15, 0.2) is 86.4 Å². The zero-order valence-corrected chi connectivity index (χ0v) is 25.5. The molecule has 1 aromatic heterocycles. The van der Waals surface area contributed by atoms with Gasteiger partial charge in [0, 0.05) is 53.1 Å². The van der Waals surface area contributed by atoms with Crippen molar-refractivity contribution >= 4 is 16.9 Å². The number of nitrogens with two attached hydrogens (primary N) is 1. The van der Waals surface area contributed by atoms with Crippen molar-refractivity contribution in [3.05, 3.63) is 110 Å². The largest absolute Gasteiger partial charge is 0.508 e. The number of benzene rings is 2. The smallest absolute Gasteiger partial charge is 0.333 e. The van der Waals surface area contributed by atoms with Crippen molar-refractivity contribution in [2.24, 2.45) is 5.73 Å². The van der Waals surface area contributed by atoms with Gasteiger partial charge in [0.1, 0.15) is 58.1 Å². The molecule has 0 saturated carbocycles. The molecule has 0 radical (unpaired) electrons. The lowest BCUT2D eigenvalue weighted by Gasteiger charge is -2.42. The monoisotopic (exact) mass is 612 g/mol. The van der Waals surface area contributed by atoms with Crippen LogP contribution in [0.2, 0.25) is 0 Å². The number of phenols is 2. The van der Waals surface area contributed by atoms with Crippen LogP contribution in [0, 0.1) is 0 Å². The Bertz CT molecular complexity index is 1910. The SMILES string of the molecule is C/C=C(/C)C(=O)O[C@@H]1Cc2c(c([C@@H]3C4=CCNC(N)=C4C=C[C@H]3c3cccc(O)c3)c3oc(CO)cc(=O)c3c2O)OC1(C)C. The third kappa shape index (κ3) is 5.04. The molecule has 6 rings (SSSR count). The molecule has 3 atom stereocenters. The van der Waals surface area contributed by atoms with Gasteiger partial charge in [-0.3, -0.25) is 4.79 Å². The Balaban J connectivity index is 1.68. The summed E-state index contributed by atoms with van der Waals surface area (Å²) in [7, 11) is 0. The van der Waals surface area contributed by atoms with Crippen molar-refractivity contribution in [2.75, 3.05) is 6.54 Å². The summed E-state index contributed by atoms with van der Waals surface area (Å²) in [6, 6.07) is 8.07. The quantitative estimate of drug-likeness (QED) is 0.206. The van der Waals surface area contributed by atoms with Gasteiger partial charge in [-0.15, -0.1) is 0 Å². The first-order valence-electron chi connectivity index (χ1n) is 14.8. The second-order valence-corrected chi connectivity index (χ2v) is 12.1. The van der Waals surface area contributed by atoms with E-state index >= 15 is 0 Å². The summed E-state index contributed by atoms with van der Waals surface area (Å²) >= 11 is 0. The number of esters is 1. The van der Waals surface area contributed by atoms with Gasteiger partial charge >= 0.3 is 5.97 Å². The van der Waals surface area contributed by atoms with Gasteiger partial charge < -0.3 is 40.3 Å². The van der Waals surface area contributed by atoms with Crippen molar-refractivity contribution in [1.29, 1.82) is 0 Å². The van der Waals surface area contributed by atoms with E-state index in [1.165, 1.54) is 0 Å². The molecule has 234 valence electrons. The van der Waals surface area contributed by atoms with Crippen LogP contribution >= 0.6 is 0 Å². The van der Waals surface area contributed by atoms with Gasteiger partial charge in [-0.2, -0.15) is 0 Å². The Morgan fingerprint density at radius 3 is 2.73 bits per heavy atom. The highest BCUT2D eigenvalue weighted by Crippen LogP contribution is 2.56. The average molecular weight is 613 g/mol. The Morgan fingerprint density at radius 1 is 1.24 bits per heavy atom. The molecular weight excluding hydrogens is 576 g/mol. The number of fused-ring (bicyclic) bond motifs is 3. The predicted octanol–water partition coefficient (Wildman–Crippen LogP) is 4.43. The third-order valence-electron chi connectivity index (χ3n) is 8.92. The Morgan fingerprint density at radius 2 is 2.02 bits per heavy atom. The maximum absolute atomic E-state index is 13.6. The van der Waals surface area contributed by atoms with E-state index in [4.69, 9.17) is 19.6 Å². The number of dihydropyridines is 1. The second-order valence-electron chi connectivity index (χ2n) is 12.1. The number of aliphatic hydroxyl groups excluding tert-OH is 1. The number of aliphatic hydroxyl groups is 1. The lowest BCUT2D eigenvalue weighted by molar-refractivity contribution is -0.156. The van der Waals surface area contributed by atoms with Crippen LogP contribution in [0.4, 0.5) is 0 Å². The van der Waals surface area contributed by atoms with Crippen LogP contribution in [0.3, 0.4) is 0 Å². The third-order valence-corrected chi connectivity index (χ3v) is 8.92. The van der Waals surface area contributed by atoms with Crippen LogP contribution in [0.5, 0.6) is 17.2 Å². The normalized spacial score (nSPS) is 22.2. The molecule has 0 amide bonds. The van der Waals surface area contributed by atoms with Crippen LogP contribution in [-0.2, 0) is 22.6 Å². The summed E-state index contributed by atoms with van der Waals surface area (Å²) in [5.41, 5.74) is 8.47.